The Labute approximate surface area is 118 Å². The van der Waals surface area contributed by atoms with Gasteiger partial charge in [-0.25, -0.2) is 23.1 Å². The predicted octanol–water partition coefficient (Wildman–Crippen LogP) is -0.443. The molecule has 0 atom stereocenters. The van der Waals surface area contributed by atoms with Crippen LogP contribution in [0.2, 0.25) is 0 Å². The van der Waals surface area contributed by atoms with Crippen molar-refractivity contribution in [2.24, 2.45) is 0 Å². The number of alkyl halides is 2. The topological polar surface area (TPSA) is 118 Å². The molecule has 1 heterocycles. The van der Waals surface area contributed by atoms with Gasteiger partial charge in [0.25, 0.3) is 6.43 Å². The Morgan fingerprint density at radius 3 is 2.71 bits per heavy atom. The number of carbonyl (C=O) groups is 2. The lowest BCUT2D eigenvalue weighted by molar-refractivity contribution is 0.0193. The molecule has 0 aliphatic heterocycles. The number of nitrogens with one attached hydrogen (secondary N) is 2. The van der Waals surface area contributed by atoms with Crippen LogP contribution in [0.3, 0.4) is 0 Å². The summed E-state index contributed by atoms with van der Waals surface area (Å²) < 4.78 is 29.3. The third-order valence-corrected chi connectivity index (χ3v) is 2.16. The van der Waals surface area contributed by atoms with E-state index in [1.807, 2.05) is 0 Å². The fourth-order valence-corrected chi connectivity index (χ4v) is 1.26. The average Bonchev–Trinajstić information content (AvgIpc) is 2.87. The Morgan fingerprint density at radius 1 is 1.38 bits per heavy atom. The van der Waals surface area contributed by atoms with E-state index in [0.717, 1.165) is 0 Å². The lowest BCUT2D eigenvalue weighted by Gasteiger charge is -2.07. The quantitative estimate of drug-likeness (QED) is 0.532. The van der Waals surface area contributed by atoms with Crippen LogP contribution < -0.4 is 10.6 Å². The Morgan fingerprint density at radius 2 is 2.10 bits per heavy atom. The maximum Gasteiger partial charge on any atom is 0.358 e. The molecule has 0 saturated carbocycles. The highest BCUT2D eigenvalue weighted by Crippen LogP contribution is 1.92. The summed E-state index contributed by atoms with van der Waals surface area (Å²) in [5.74, 6) is -1.18. The van der Waals surface area contributed by atoms with E-state index in [1.165, 1.54) is 10.9 Å². The number of carboxylic acid groups (broad SMARTS) is 1. The van der Waals surface area contributed by atoms with Gasteiger partial charge < -0.3 is 20.5 Å². The number of aromatic carboxylic acids is 1. The molecule has 0 saturated heterocycles. The van der Waals surface area contributed by atoms with Crippen molar-refractivity contribution in [3.63, 3.8) is 0 Å². The van der Waals surface area contributed by atoms with E-state index in [2.05, 4.69) is 25.7 Å². The van der Waals surface area contributed by atoms with Gasteiger partial charge >= 0.3 is 12.0 Å². The summed E-state index contributed by atoms with van der Waals surface area (Å²) in [5.41, 5.74) is -0.185. The first-order chi connectivity index (χ1) is 9.99. The van der Waals surface area contributed by atoms with Crippen LogP contribution in [0.5, 0.6) is 0 Å². The summed E-state index contributed by atoms with van der Waals surface area (Å²) in [6, 6.07) is -0.491. The smallest absolute Gasteiger partial charge is 0.358 e. The average molecular weight is 307 g/mol. The number of nitrogens with zero attached hydrogens (tertiary/aromatic N) is 3. The number of urea groups is 1. The highest BCUT2D eigenvalue weighted by Gasteiger charge is 2.08. The molecular weight excluding hydrogens is 292 g/mol. The van der Waals surface area contributed by atoms with Crippen LogP contribution in [0, 0.1) is 0 Å². The number of aromatic nitrogens is 3. The van der Waals surface area contributed by atoms with E-state index >= 15 is 0 Å². The molecule has 21 heavy (non-hydrogen) atoms. The first-order valence-corrected chi connectivity index (χ1v) is 6.00. The first kappa shape index (κ1) is 16.8. The zero-order chi connectivity index (χ0) is 15.7. The van der Waals surface area contributed by atoms with E-state index in [-0.39, 0.29) is 31.9 Å². The van der Waals surface area contributed by atoms with Crippen LogP contribution in [0.1, 0.15) is 10.5 Å². The third-order valence-electron chi connectivity index (χ3n) is 2.16. The molecule has 0 aromatic carbocycles. The van der Waals surface area contributed by atoms with Gasteiger partial charge in [-0.15, -0.1) is 5.10 Å². The molecular formula is C10H15F2N5O4. The second-order valence-electron chi connectivity index (χ2n) is 3.82. The lowest BCUT2D eigenvalue weighted by atomic mass is 10.5. The van der Waals surface area contributed by atoms with Gasteiger partial charge in [0.15, 0.2) is 5.69 Å². The van der Waals surface area contributed by atoms with E-state index in [1.54, 1.807) is 0 Å². The second kappa shape index (κ2) is 8.79. The van der Waals surface area contributed by atoms with E-state index in [9.17, 15) is 18.4 Å². The first-order valence-electron chi connectivity index (χ1n) is 6.00. The molecule has 0 aliphatic rings. The number of ether oxygens (including phenoxy) is 1. The van der Waals surface area contributed by atoms with E-state index in [4.69, 9.17) is 5.11 Å². The van der Waals surface area contributed by atoms with E-state index < -0.39 is 25.0 Å². The Balaban J connectivity index is 2.08. The molecule has 0 aliphatic carbocycles. The molecule has 1 rings (SSSR count). The number of amides is 2. The minimum atomic E-state index is -2.53. The van der Waals surface area contributed by atoms with Crippen LogP contribution in [0.4, 0.5) is 13.6 Å². The molecule has 118 valence electrons. The Hall–Kier alpha value is -2.30. The standard InChI is InChI=1S/C10H15F2N5O4/c11-8(12)6-21-4-2-14-10(20)13-1-3-17-5-7(9(18)19)15-16-17/h5,8H,1-4,6H2,(H,18,19)(H2,13,14,20). The number of halogens is 2. The maximum atomic E-state index is 11.7. The summed E-state index contributed by atoms with van der Waals surface area (Å²) in [5, 5.41) is 20.5. The number of hydrogen-bond donors (Lipinski definition) is 3. The monoisotopic (exact) mass is 307 g/mol. The van der Waals surface area contributed by atoms with Gasteiger partial charge in [0.2, 0.25) is 0 Å². The molecule has 2 amide bonds. The summed E-state index contributed by atoms with van der Waals surface area (Å²) in [4.78, 5) is 21.8. The lowest BCUT2D eigenvalue weighted by Crippen LogP contribution is -2.39. The zero-order valence-corrected chi connectivity index (χ0v) is 11.0. The van der Waals surface area contributed by atoms with Gasteiger partial charge in [-0.1, -0.05) is 5.21 Å². The van der Waals surface area contributed by atoms with Gasteiger partial charge in [-0.05, 0) is 0 Å². The minimum absolute atomic E-state index is 0.0111. The minimum Gasteiger partial charge on any atom is -0.476 e. The van der Waals surface area contributed by atoms with Crippen LogP contribution in [-0.2, 0) is 11.3 Å². The van der Waals surface area contributed by atoms with Gasteiger partial charge in [-0.3, -0.25) is 0 Å². The van der Waals surface area contributed by atoms with Crippen LogP contribution >= 0.6 is 0 Å². The van der Waals surface area contributed by atoms with Crippen molar-refractivity contribution in [2.75, 3.05) is 26.3 Å². The third kappa shape index (κ3) is 7.15. The molecule has 0 bridgehead atoms. The highest BCUT2D eigenvalue weighted by atomic mass is 19.3. The summed E-state index contributed by atoms with van der Waals surface area (Å²) in [6.07, 6.45) is -1.29. The van der Waals surface area contributed by atoms with Crippen molar-refractivity contribution in [3.05, 3.63) is 11.9 Å². The summed E-state index contributed by atoms with van der Waals surface area (Å²) in [6.45, 7) is -0.128. The van der Waals surface area contributed by atoms with Crippen LogP contribution in [0.15, 0.2) is 6.20 Å². The molecule has 1 aromatic heterocycles. The fourth-order valence-electron chi connectivity index (χ4n) is 1.26. The van der Waals surface area contributed by atoms with Crippen molar-refractivity contribution < 1.29 is 28.2 Å². The molecule has 0 fully saturated rings. The van der Waals surface area contributed by atoms with Gasteiger partial charge in [0.1, 0.15) is 6.61 Å². The molecule has 0 unspecified atom stereocenters. The van der Waals surface area contributed by atoms with Crippen molar-refractivity contribution in [2.45, 2.75) is 13.0 Å². The largest absolute Gasteiger partial charge is 0.476 e. The van der Waals surface area contributed by atoms with Gasteiger partial charge in [0, 0.05) is 13.1 Å². The molecule has 0 spiro atoms. The number of carboxylic acids is 1. The maximum absolute atomic E-state index is 11.7. The molecule has 1 aromatic rings. The van der Waals surface area contributed by atoms with Crippen molar-refractivity contribution in [1.82, 2.24) is 25.6 Å². The Bertz CT molecular complexity index is 468. The van der Waals surface area contributed by atoms with Crippen molar-refractivity contribution in [1.29, 1.82) is 0 Å². The van der Waals surface area contributed by atoms with Crippen LogP contribution in [0.25, 0.3) is 0 Å². The normalized spacial score (nSPS) is 10.6. The highest BCUT2D eigenvalue weighted by molar-refractivity contribution is 5.84. The fraction of sp³-hybridized carbons (Fsp3) is 0.600. The number of rotatable bonds is 9. The second-order valence-corrected chi connectivity index (χ2v) is 3.82. The molecule has 3 N–H and O–H groups in total. The number of carbonyl (C=O) groups excluding carboxylic acids is 1. The summed E-state index contributed by atoms with van der Waals surface area (Å²) >= 11 is 0. The van der Waals surface area contributed by atoms with Crippen molar-refractivity contribution in [3.8, 4) is 0 Å². The molecule has 9 nitrogen and oxygen atoms in total. The number of hydrogen-bond acceptors (Lipinski definition) is 5. The van der Waals surface area contributed by atoms with Gasteiger partial charge in [0.05, 0.1) is 19.3 Å². The predicted molar refractivity (Wildman–Crippen MR) is 65.2 cm³/mol. The van der Waals surface area contributed by atoms with Crippen molar-refractivity contribution >= 4 is 12.0 Å². The SMILES string of the molecule is O=C(NCCOCC(F)F)NCCn1cc(C(=O)O)nn1. The molecule has 11 heteroatoms. The van der Waals surface area contributed by atoms with Crippen LogP contribution in [-0.4, -0.2) is 64.8 Å². The molecule has 0 radical (unpaired) electrons. The van der Waals surface area contributed by atoms with Gasteiger partial charge in [-0.2, -0.15) is 0 Å². The Kier molecular flexibility index (Phi) is 7.01. The zero-order valence-electron chi connectivity index (χ0n) is 11.0. The van der Waals surface area contributed by atoms with E-state index in [0.29, 0.717) is 0 Å². The summed E-state index contributed by atoms with van der Waals surface area (Å²) in [7, 11) is 0.